The standard InChI is InChI=1S/C42H84NO4.ClH/c1-7-9-11-13-15-17-19-21-23-25-27-29-31-33-35-37-41(44)46-39(3)43(5,6)40(4)47-42(45)38-36-34-32-30-28-26-24-22-20-18-16-14-12-10-8-2;/h39-40H,7-38H2,1-6H3;1H/q+1;/p-1. The van der Waals surface area contributed by atoms with E-state index in [4.69, 9.17) is 9.47 Å². The van der Waals surface area contributed by atoms with Gasteiger partial charge in [0, 0.05) is 26.7 Å². The van der Waals surface area contributed by atoms with Gasteiger partial charge in [-0.1, -0.05) is 194 Å². The number of esters is 2. The molecule has 0 aromatic carbocycles. The lowest BCUT2D eigenvalue weighted by Gasteiger charge is -2.39. The Morgan fingerprint density at radius 1 is 0.396 bits per heavy atom. The summed E-state index contributed by atoms with van der Waals surface area (Å²) >= 11 is 0. The van der Waals surface area contributed by atoms with Crippen LogP contribution < -0.4 is 12.4 Å². The Morgan fingerprint density at radius 2 is 0.583 bits per heavy atom. The molecule has 0 saturated heterocycles. The number of hydrogen-bond acceptors (Lipinski definition) is 4. The summed E-state index contributed by atoms with van der Waals surface area (Å²) in [6.07, 6.45) is 39.6. The second kappa shape index (κ2) is 36.0. The Balaban J connectivity index is 0. The van der Waals surface area contributed by atoms with Crippen LogP contribution in [0.2, 0.25) is 0 Å². The number of nitrogens with zero attached hydrogens (tertiary/aromatic N) is 1. The van der Waals surface area contributed by atoms with E-state index < -0.39 is 0 Å². The molecule has 2 unspecified atom stereocenters. The summed E-state index contributed by atoms with van der Waals surface area (Å²) in [6.45, 7) is 8.37. The highest BCUT2D eigenvalue weighted by atomic mass is 35.5. The second-order valence-electron chi connectivity index (χ2n) is 15.2. The molecule has 0 saturated carbocycles. The minimum absolute atomic E-state index is 0. The lowest BCUT2D eigenvalue weighted by atomic mass is 10.0. The first-order chi connectivity index (χ1) is 22.8. The zero-order valence-corrected chi connectivity index (χ0v) is 34.0. The van der Waals surface area contributed by atoms with Gasteiger partial charge in [-0.15, -0.1) is 0 Å². The maximum atomic E-state index is 12.5. The molecule has 5 nitrogen and oxygen atoms in total. The Kier molecular flexibility index (Phi) is 37.0. The summed E-state index contributed by atoms with van der Waals surface area (Å²) < 4.78 is 11.9. The molecule has 0 spiro atoms. The summed E-state index contributed by atoms with van der Waals surface area (Å²) in [5.41, 5.74) is 0. The van der Waals surface area contributed by atoms with Crippen LogP contribution in [0, 0.1) is 0 Å². The SMILES string of the molecule is CCCCCCCCCCCCCCCCCC(=O)OC(C)[N+](C)(C)C(C)OC(=O)CCCCCCCCCCCCCCCCC.[Cl-]. The van der Waals surface area contributed by atoms with Crippen LogP contribution >= 0.6 is 0 Å². The summed E-state index contributed by atoms with van der Waals surface area (Å²) in [5, 5.41) is 0. The molecule has 0 radical (unpaired) electrons. The summed E-state index contributed by atoms with van der Waals surface area (Å²) in [6, 6.07) is 0. The number of quaternary nitrogens is 1. The predicted molar refractivity (Wildman–Crippen MR) is 202 cm³/mol. The molecule has 2 atom stereocenters. The zero-order valence-electron chi connectivity index (χ0n) is 33.2. The molecule has 0 aliphatic heterocycles. The highest BCUT2D eigenvalue weighted by Crippen LogP contribution is 2.19. The van der Waals surface area contributed by atoms with Gasteiger partial charge in [-0.05, 0) is 12.8 Å². The largest absolute Gasteiger partial charge is 1.00 e. The van der Waals surface area contributed by atoms with E-state index in [1.165, 1.54) is 167 Å². The average Bonchev–Trinajstić information content (AvgIpc) is 3.04. The Morgan fingerprint density at radius 3 is 0.792 bits per heavy atom. The molecule has 0 aromatic heterocycles. The fraction of sp³-hybridized carbons (Fsp3) is 0.952. The van der Waals surface area contributed by atoms with Gasteiger partial charge in [0.15, 0.2) is 0 Å². The van der Waals surface area contributed by atoms with Crippen LogP contribution in [0.4, 0.5) is 0 Å². The number of rotatable bonds is 36. The van der Waals surface area contributed by atoms with Crippen LogP contribution in [-0.4, -0.2) is 43.0 Å². The van der Waals surface area contributed by atoms with Gasteiger partial charge in [0.2, 0.25) is 12.5 Å². The number of hydrogen-bond donors (Lipinski definition) is 0. The van der Waals surface area contributed by atoms with Crippen LogP contribution in [0.3, 0.4) is 0 Å². The van der Waals surface area contributed by atoms with Gasteiger partial charge < -0.3 is 21.9 Å². The van der Waals surface area contributed by atoms with E-state index in [2.05, 4.69) is 13.8 Å². The lowest BCUT2D eigenvalue weighted by molar-refractivity contribution is -0.971. The summed E-state index contributed by atoms with van der Waals surface area (Å²) in [7, 11) is 3.94. The van der Waals surface area contributed by atoms with Crippen molar-refractivity contribution in [2.75, 3.05) is 14.1 Å². The van der Waals surface area contributed by atoms with Gasteiger partial charge in [0.25, 0.3) is 0 Å². The predicted octanol–water partition coefficient (Wildman–Crippen LogP) is 10.4. The van der Waals surface area contributed by atoms with Crippen LogP contribution in [0.15, 0.2) is 0 Å². The fourth-order valence-corrected chi connectivity index (χ4v) is 6.35. The number of carbonyl (C=O) groups is 2. The van der Waals surface area contributed by atoms with Crippen molar-refractivity contribution in [1.82, 2.24) is 0 Å². The van der Waals surface area contributed by atoms with E-state index >= 15 is 0 Å². The molecule has 48 heavy (non-hydrogen) atoms. The molecule has 0 amide bonds. The van der Waals surface area contributed by atoms with Gasteiger partial charge in [0.05, 0.1) is 14.1 Å². The van der Waals surface area contributed by atoms with Gasteiger partial charge >= 0.3 is 11.9 Å². The smallest absolute Gasteiger partial charge is 0.310 e. The van der Waals surface area contributed by atoms with Crippen LogP contribution in [-0.2, 0) is 19.1 Å². The average molecular weight is 703 g/mol. The molecule has 0 N–H and O–H groups in total. The molecule has 0 heterocycles. The molecular formula is C42H84ClNO4. The van der Waals surface area contributed by atoms with E-state index in [0.29, 0.717) is 17.3 Å². The topological polar surface area (TPSA) is 52.6 Å². The van der Waals surface area contributed by atoms with E-state index in [-0.39, 0.29) is 36.8 Å². The zero-order chi connectivity index (χ0) is 34.9. The molecule has 0 aliphatic rings. The highest BCUT2D eigenvalue weighted by Gasteiger charge is 2.35. The first kappa shape index (κ1) is 49.3. The molecule has 288 valence electrons. The lowest BCUT2D eigenvalue weighted by Crippen LogP contribution is -3.00. The Bertz CT molecular complexity index is 645. The van der Waals surface area contributed by atoms with Crippen LogP contribution in [0.1, 0.15) is 233 Å². The first-order valence-corrected chi connectivity index (χ1v) is 21.0. The third kappa shape index (κ3) is 31.2. The van der Waals surface area contributed by atoms with Crippen LogP contribution in [0.5, 0.6) is 0 Å². The van der Waals surface area contributed by atoms with Crippen LogP contribution in [0.25, 0.3) is 0 Å². The van der Waals surface area contributed by atoms with Crippen molar-refractivity contribution in [3.63, 3.8) is 0 Å². The van der Waals surface area contributed by atoms with Gasteiger partial charge in [-0.3, -0.25) is 14.1 Å². The van der Waals surface area contributed by atoms with Gasteiger partial charge in [0.1, 0.15) is 0 Å². The molecule has 0 aliphatic carbocycles. The molecule has 6 heteroatoms. The van der Waals surface area contributed by atoms with Gasteiger partial charge in [-0.25, -0.2) is 0 Å². The number of halogens is 1. The third-order valence-corrected chi connectivity index (χ3v) is 10.4. The molecule has 0 bridgehead atoms. The maximum Gasteiger partial charge on any atom is 0.310 e. The van der Waals surface area contributed by atoms with E-state index in [9.17, 15) is 9.59 Å². The first-order valence-electron chi connectivity index (χ1n) is 21.0. The Hall–Kier alpha value is -0.810. The third-order valence-electron chi connectivity index (χ3n) is 10.4. The molecule has 0 aromatic rings. The van der Waals surface area contributed by atoms with E-state index in [0.717, 1.165) is 25.7 Å². The fourth-order valence-electron chi connectivity index (χ4n) is 6.35. The highest BCUT2D eigenvalue weighted by molar-refractivity contribution is 5.69. The van der Waals surface area contributed by atoms with Crippen molar-refractivity contribution in [3.05, 3.63) is 0 Å². The Labute approximate surface area is 306 Å². The van der Waals surface area contributed by atoms with Crippen molar-refractivity contribution in [1.29, 1.82) is 0 Å². The van der Waals surface area contributed by atoms with Crippen molar-refractivity contribution in [3.8, 4) is 0 Å². The normalized spacial score (nSPS) is 12.8. The van der Waals surface area contributed by atoms with E-state index in [1.807, 2.05) is 27.9 Å². The number of carbonyl (C=O) groups excluding carboxylic acids is 2. The number of ether oxygens (including phenoxy) is 2. The van der Waals surface area contributed by atoms with Crippen molar-refractivity contribution in [2.24, 2.45) is 0 Å². The number of unbranched alkanes of at least 4 members (excludes halogenated alkanes) is 28. The maximum absolute atomic E-state index is 12.5. The van der Waals surface area contributed by atoms with Gasteiger partial charge in [-0.2, -0.15) is 0 Å². The molecule has 0 rings (SSSR count). The monoisotopic (exact) mass is 702 g/mol. The van der Waals surface area contributed by atoms with Crippen molar-refractivity contribution < 1.29 is 36.0 Å². The van der Waals surface area contributed by atoms with Crippen molar-refractivity contribution >= 4 is 11.9 Å². The molecule has 0 fully saturated rings. The minimum atomic E-state index is -0.368. The van der Waals surface area contributed by atoms with Crippen molar-refractivity contribution in [2.45, 2.75) is 246 Å². The summed E-state index contributed by atoms with van der Waals surface area (Å²) in [4.78, 5) is 25.0. The minimum Gasteiger partial charge on any atom is -1.00 e. The quantitative estimate of drug-likeness (QED) is 0.0282. The van der Waals surface area contributed by atoms with E-state index in [1.54, 1.807) is 0 Å². The molecular weight excluding hydrogens is 618 g/mol. The second-order valence-corrected chi connectivity index (χ2v) is 15.2. The summed E-state index contributed by atoms with van der Waals surface area (Å²) in [5.74, 6) is -0.288.